The number of rotatable bonds is 6. The Morgan fingerprint density at radius 1 is 1.16 bits per heavy atom. The van der Waals surface area contributed by atoms with E-state index in [1.165, 1.54) is 37.7 Å². The summed E-state index contributed by atoms with van der Waals surface area (Å²) in [5.74, 6) is 1.98. The molecule has 0 bridgehead atoms. The van der Waals surface area contributed by atoms with Gasteiger partial charge in [-0.3, -0.25) is 4.79 Å². The fourth-order valence-corrected chi connectivity index (χ4v) is 4.75. The largest absolute Gasteiger partial charge is 0.375 e. The number of benzene rings is 1. The molecule has 1 atom stereocenters. The van der Waals surface area contributed by atoms with Gasteiger partial charge in [0.1, 0.15) is 11.5 Å². The number of ketones is 1. The number of morpholine rings is 1. The molecular weight excluding hydrogens is 388 g/mol. The Labute approximate surface area is 185 Å². The third kappa shape index (κ3) is 5.06. The lowest BCUT2D eigenvalue weighted by Gasteiger charge is -2.31. The Kier molecular flexibility index (Phi) is 6.86. The molecule has 1 aromatic carbocycles. The minimum Gasteiger partial charge on any atom is -0.375 e. The predicted octanol–water partition coefficient (Wildman–Crippen LogP) is 5.26. The highest BCUT2D eigenvalue weighted by molar-refractivity contribution is 5.95. The van der Waals surface area contributed by atoms with Crippen molar-refractivity contribution in [1.29, 1.82) is 0 Å². The van der Waals surface area contributed by atoms with Gasteiger partial charge < -0.3 is 15.0 Å². The van der Waals surface area contributed by atoms with Gasteiger partial charge in [0, 0.05) is 31.3 Å². The number of nitrogens with one attached hydrogen (secondary N) is 1. The van der Waals surface area contributed by atoms with Crippen LogP contribution in [0, 0.1) is 0 Å². The molecule has 1 aromatic heterocycles. The van der Waals surface area contributed by atoms with Gasteiger partial charge in [-0.2, -0.15) is 4.98 Å². The molecule has 1 saturated heterocycles. The highest BCUT2D eigenvalue weighted by Gasteiger charge is 2.23. The molecule has 6 nitrogen and oxygen atoms in total. The van der Waals surface area contributed by atoms with Gasteiger partial charge in [0.2, 0.25) is 5.95 Å². The van der Waals surface area contributed by atoms with Crippen molar-refractivity contribution in [2.24, 2.45) is 0 Å². The second kappa shape index (κ2) is 9.77. The number of hydrogen-bond donors (Lipinski definition) is 1. The summed E-state index contributed by atoms with van der Waals surface area (Å²) >= 11 is 0. The van der Waals surface area contributed by atoms with Crippen molar-refractivity contribution in [2.75, 3.05) is 29.9 Å². The number of carbonyl (C=O) groups is 1. The molecule has 166 valence electrons. The number of nitrogens with zero attached hydrogens (tertiary/aromatic N) is 3. The van der Waals surface area contributed by atoms with Crippen LogP contribution in [0.25, 0.3) is 0 Å². The Balaban J connectivity index is 1.62. The zero-order chi connectivity index (χ0) is 21.8. The molecule has 2 aromatic rings. The summed E-state index contributed by atoms with van der Waals surface area (Å²) in [5, 5.41) is 3.48. The van der Waals surface area contributed by atoms with E-state index in [9.17, 15) is 4.79 Å². The fourth-order valence-electron chi connectivity index (χ4n) is 4.75. The highest BCUT2D eigenvalue weighted by atomic mass is 16.5. The minimum absolute atomic E-state index is 0.0301. The Hall–Kier alpha value is -2.47. The van der Waals surface area contributed by atoms with Gasteiger partial charge in [-0.1, -0.05) is 38.3 Å². The van der Waals surface area contributed by atoms with Gasteiger partial charge in [-0.15, -0.1) is 0 Å². The van der Waals surface area contributed by atoms with Crippen LogP contribution in [-0.4, -0.2) is 41.6 Å². The van der Waals surface area contributed by atoms with Crippen molar-refractivity contribution in [3.63, 3.8) is 0 Å². The third-order valence-electron chi connectivity index (χ3n) is 6.46. The van der Waals surface area contributed by atoms with Gasteiger partial charge >= 0.3 is 0 Å². The molecule has 0 amide bonds. The zero-order valence-corrected chi connectivity index (χ0v) is 19.0. The second-order valence-electron chi connectivity index (χ2n) is 8.82. The SMILES string of the molecule is CCc1c(Nc2ccc(C3CCCCC3)cc2)nc(N2CCOC(C)C2)nc1C(C)=O. The van der Waals surface area contributed by atoms with Crippen molar-refractivity contribution in [2.45, 2.75) is 71.3 Å². The van der Waals surface area contributed by atoms with Crippen LogP contribution in [-0.2, 0) is 11.2 Å². The number of hydrogen-bond acceptors (Lipinski definition) is 6. The summed E-state index contributed by atoms with van der Waals surface area (Å²) in [4.78, 5) is 24.0. The van der Waals surface area contributed by atoms with Crippen molar-refractivity contribution in [3.05, 3.63) is 41.1 Å². The lowest BCUT2D eigenvalue weighted by Crippen LogP contribution is -2.42. The van der Waals surface area contributed by atoms with E-state index in [1.807, 2.05) is 13.8 Å². The lowest BCUT2D eigenvalue weighted by molar-refractivity contribution is 0.0526. The normalized spacial score (nSPS) is 20.0. The van der Waals surface area contributed by atoms with Crippen LogP contribution in [0.15, 0.2) is 24.3 Å². The maximum atomic E-state index is 12.4. The molecule has 2 heterocycles. The van der Waals surface area contributed by atoms with Gasteiger partial charge in [-0.05, 0) is 49.8 Å². The minimum atomic E-state index is -0.0301. The maximum absolute atomic E-state index is 12.4. The molecule has 31 heavy (non-hydrogen) atoms. The highest BCUT2D eigenvalue weighted by Crippen LogP contribution is 2.33. The van der Waals surface area contributed by atoms with E-state index in [0.29, 0.717) is 30.6 Å². The molecule has 4 rings (SSSR count). The molecule has 1 unspecified atom stereocenters. The van der Waals surface area contributed by atoms with Gasteiger partial charge in [0.15, 0.2) is 5.78 Å². The quantitative estimate of drug-likeness (QED) is 0.641. The van der Waals surface area contributed by atoms with Crippen molar-refractivity contribution >= 4 is 23.2 Å². The van der Waals surface area contributed by atoms with Crippen LogP contribution in [0.2, 0.25) is 0 Å². The summed E-state index contributed by atoms with van der Waals surface area (Å²) in [6.07, 6.45) is 7.44. The molecule has 6 heteroatoms. The van der Waals surface area contributed by atoms with Crippen LogP contribution in [0.5, 0.6) is 0 Å². The number of Topliss-reactive ketones (excluding diaryl/α,β-unsaturated/α-hetero) is 1. The third-order valence-corrected chi connectivity index (χ3v) is 6.46. The smallest absolute Gasteiger partial charge is 0.228 e. The fraction of sp³-hybridized carbons (Fsp3) is 0.560. The number of anilines is 3. The summed E-state index contributed by atoms with van der Waals surface area (Å²) < 4.78 is 5.66. The lowest BCUT2D eigenvalue weighted by atomic mass is 9.84. The van der Waals surface area contributed by atoms with Gasteiger partial charge in [-0.25, -0.2) is 4.98 Å². The molecule has 1 aliphatic heterocycles. The molecule has 1 saturated carbocycles. The molecule has 0 radical (unpaired) electrons. The monoisotopic (exact) mass is 422 g/mol. The average Bonchev–Trinajstić information content (AvgIpc) is 2.79. The standard InChI is InChI=1S/C25H34N4O2/c1-4-22-23(18(3)30)27-25(29-14-15-31-17(2)16-29)28-24(22)26-21-12-10-20(11-13-21)19-8-6-5-7-9-19/h10-13,17,19H,4-9,14-16H2,1-3H3,(H,26,27,28). The summed E-state index contributed by atoms with van der Waals surface area (Å²) in [6.45, 7) is 7.75. The van der Waals surface area contributed by atoms with Crippen LogP contribution >= 0.6 is 0 Å². The first kappa shape index (κ1) is 21.8. The predicted molar refractivity (Wildman–Crippen MR) is 125 cm³/mol. The van der Waals surface area contributed by atoms with E-state index in [2.05, 4.69) is 39.5 Å². The van der Waals surface area contributed by atoms with E-state index >= 15 is 0 Å². The molecular formula is C25H34N4O2. The number of aromatic nitrogens is 2. The van der Waals surface area contributed by atoms with Crippen molar-refractivity contribution in [1.82, 2.24) is 9.97 Å². The first-order chi connectivity index (χ1) is 15.0. The molecule has 1 aliphatic carbocycles. The summed E-state index contributed by atoms with van der Waals surface area (Å²) in [5.41, 5.74) is 3.79. The summed E-state index contributed by atoms with van der Waals surface area (Å²) in [7, 11) is 0. The zero-order valence-electron chi connectivity index (χ0n) is 19.0. The van der Waals surface area contributed by atoms with E-state index < -0.39 is 0 Å². The molecule has 2 fully saturated rings. The van der Waals surface area contributed by atoms with Crippen molar-refractivity contribution in [3.8, 4) is 0 Å². The first-order valence-electron chi connectivity index (χ1n) is 11.7. The second-order valence-corrected chi connectivity index (χ2v) is 8.82. The Morgan fingerprint density at radius 2 is 1.90 bits per heavy atom. The molecule has 0 spiro atoms. The number of carbonyl (C=O) groups excluding carboxylic acids is 1. The molecule has 1 N–H and O–H groups in total. The van der Waals surface area contributed by atoms with E-state index in [0.717, 1.165) is 30.2 Å². The van der Waals surface area contributed by atoms with Crippen LogP contribution < -0.4 is 10.2 Å². The van der Waals surface area contributed by atoms with E-state index in [-0.39, 0.29) is 11.9 Å². The van der Waals surface area contributed by atoms with Crippen molar-refractivity contribution < 1.29 is 9.53 Å². The number of ether oxygens (including phenoxy) is 1. The maximum Gasteiger partial charge on any atom is 0.228 e. The summed E-state index contributed by atoms with van der Waals surface area (Å²) in [6, 6.07) is 8.74. The van der Waals surface area contributed by atoms with Crippen LogP contribution in [0.3, 0.4) is 0 Å². The first-order valence-corrected chi connectivity index (χ1v) is 11.7. The Morgan fingerprint density at radius 3 is 2.55 bits per heavy atom. The van der Waals surface area contributed by atoms with E-state index in [4.69, 9.17) is 9.72 Å². The van der Waals surface area contributed by atoms with Gasteiger partial charge in [0.25, 0.3) is 0 Å². The van der Waals surface area contributed by atoms with Crippen LogP contribution in [0.1, 0.15) is 80.4 Å². The molecule has 2 aliphatic rings. The average molecular weight is 423 g/mol. The van der Waals surface area contributed by atoms with Crippen LogP contribution in [0.4, 0.5) is 17.5 Å². The topological polar surface area (TPSA) is 67.3 Å². The van der Waals surface area contributed by atoms with E-state index in [1.54, 1.807) is 6.92 Å². The van der Waals surface area contributed by atoms with Gasteiger partial charge in [0.05, 0.1) is 12.7 Å². The Bertz CT molecular complexity index is 906.